The van der Waals surface area contributed by atoms with E-state index in [0.29, 0.717) is 29.2 Å². The summed E-state index contributed by atoms with van der Waals surface area (Å²) in [5, 5.41) is 9.36. The van der Waals surface area contributed by atoms with Crippen LogP contribution in [0.4, 0.5) is 0 Å². The topological polar surface area (TPSA) is 72.2 Å². The molecule has 0 saturated carbocycles. The van der Waals surface area contributed by atoms with Crippen molar-refractivity contribution in [2.45, 2.75) is 6.61 Å². The summed E-state index contributed by atoms with van der Waals surface area (Å²) < 4.78 is 10.5. The fourth-order valence-electron chi connectivity index (χ4n) is 2.53. The number of carbonyl (C=O) groups excluding carboxylic acids is 1. The van der Waals surface area contributed by atoms with Gasteiger partial charge in [0.2, 0.25) is 0 Å². The van der Waals surface area contributed by atoms with Crippen molar-refractivity contribution in [2.75, 3.05) is 7.11 Å². The maximum absolute atomic E-state index is 11.4. The lowest BCUT2D eigenvalue weighted by Crippen LogP contribution is -2.01. The zero-order valence-electron chi connectivity index (χ0n) is 15.3. The number of nitriles is 1. The molecule has 28 heavy (non-hydrogen) atoms. The van der Waals surface area contributed by atoms with E-state index < -0.39 is 0 Å². The number of pyridine rings is 1. The highest BCUT2D eigenvalue weighted by Gasteiger charge is 2.05. The fourth-order valence-corrected chi connectivity index (χ4v) is 2.53. The van der Waals surface area contributed by atoms with Gasteiger partial charge in [0.1, 0.15) is 18.4 Å². The molecule has 0 spiro atoms. The van der Waals surface area contributed by atoms with Crippen LogP contribution in [0.5, 0.6) is 5.75 Å². The molecular formula is C23H18N2O3. The number of allylic oxidation sites excluding steroid dienone is 1. The Morgan fingerprint density at radius 3 is 2.43 bits per heavy atom. The number of carbonyl (C=O) groups is 1. The minimum atomic E-state index is -0.362. The third-order valence-electron chi connectivity index (χ3n) is 4.03. The molecule has 1 heterocycles. The van der Waals surface area contributed by atoms with E-state index in [9.17, 15) is 10.1 Å². The van der Waals surface area contributed by atoms with Crippen molar-refractivity contribution >= 4 is 17.6 Å². The first-order valence-corrected chi connectivity index (χ1v) is 8.63. The third-order valence-corrected chi connectivity index (χ3v) is 4.03. The molecule has 3 rings (SSSR count). The highest BCUT2D eigenvalue weighted by atomic mass is 16.5. The van der Waals surface area contributed by atoms with Gasteiger partial charge < -0.3 is 9.47 Å². The Kier molecular flexibility index (Phi) is 6.17. The molecule has 2 aromatic carbocycles. The quantitative estimate of drug-likeness (QED) is 0.471. The van der Waals surface area contributed by atoms with Gasteiger partial charge in [-0.05, 0) is 53.6 Å². The first-order chi connectivity index (χ1) is 13.7. The van der Waals surface area contributed by atoms with Gasteiger partial charge in [-0.15, -0.1) is 0 Å². The highest BCUT2D eigenvalue weighted by molar-refractivity contribution is 5.89. The number of hydrogen-bond donors (Lipinski definition) is 0. The summed E-state index contributed by atoms with van der Waals surface area (Å²) in [4.78, 5) is 15.6. The SMILES string of the molecule is COC(=O)c1ccc(COc2ccc(/C=C(\C#N)c3ccccn3)cc2)cc1. The van der Waals surface area contributed by atoms with E-state index >= 15 is 0 Å². The molecule has 3 aromatic rings. The van der Waals surface area contributed by atoms with Gasteiger partial charge in [0.25, 0.3) is 0 Å². The van der Waals surface area contributed by atoms with Gasteiger partial charge >= 0.3 is 5.97 Å². The van der Waals surface area contributed by atoms with Gasteiger partial charge in [0.15, 0.2) is 0 Å². The Morgan fingerprint density at radius 1 is 1.07 bits per heavy atom. The summed E-state index contributed by atoms with van der Waals surface area (Å²) in [6, 6.07) is 22.2. The maximum atomic E-state index is 11.4. The molecule has 0 aliphatic carbocycles. The Hall–Kier alpha value is -3.91. The second-order valence-corrected chi connectivity index (χ2v) is 5.93. The zero-order chi connectivity index (χ0) is 19.8. The van der Waals surface area contributed by atoms with Crippen LogP contribution < -0.4 is 4.74 Å². The first-order valence-electron chi connectivity index (χ1n) is 8.63. The molecule has 0 fully saturated rings. The molecule has 0 saturated heterocycles. The number of ether oxygens (including phenoxy) is 2. The molecule has 1 aromatic heterocycles. The lowest BCUT2D eigenvalue weighted by Gasteiger charge is -2.07. The van der Waals surface area contributed by atoms with Gasteiger partial charge in [-0.2, -0.15) is 5.26 Å². The van der Waals surface area contributed by atoms with E-state index in [1.807, 2.05) is 48.5 Å². The van der Waals surface area contributed by atoms with E-state index in [0.717, 1.165) is 11.1 Å². The van der Waals surface area contributed by atoms with Crippen LogP contribution in [0.1, 0.15) is 27.2 Å². The average molecular weight is 370 g/mol. The van der Waals surface area contributed by atoms with Crippen molar-refractivity contribution in [3.63, 3.8) is 0 Å². The van der Waals surface area contributed by atoms with Gasteiger partial charge in [-0.25, -0.2) is 4.79 Å². The van der Waals surface area contributed by atoms with Crippen LogP contribution >= 0.6 is 0 Å². The summed E-state index contributed by atoms with van der Waals surface area (Å²) in [7, 11) is 1.36. The molecule has 5 heteroatoms. The molecule has 0 radical (unpaired) electrons. The van der Waals surface area contributed by atoms with Gasteiger partial charge in [0, 0.05) is 6.20 Å². The lowest BCUT2D eigenvalue weighted by atomic mass is 10.1. The number of benzene rings is 2. The summed E-state index contributed by atoms with van der Waals surface area (Å²) >= 11 is 0. The third kappa shape index (κ3) is 4.83. The predicted molar refractivity (Wildman–Crippen MR) is 106 cm³/mol. The maximum Gasteiger partial charge on any atom is 0.337 e. The number of esters is 1. The normalized spacial score (nSPS) is 10.8. The molecule has 138 valence electrons. The molecule has 0 atom stereocenters. The van der Waals surface area contributed by atoms with Crippen LogP contribution in [-0.4, -0.2) is 18.1 Å². The summed E-state index contributed by atoms with van der Waals surface area (Å²) in [6.07, 6.45) is 3.45. The lowest BCUT2D eigenvalue weighted by molar-refractivity contribution is 0.0600. The summed E-state index contributed by atoms with van der Waals surface area (Å²) in [5.74, 6) is 0.351. The number of hydrogen-bond acceptors (Lipinski definition) is 5. The number of aromatic nitrogens is 1. The van der Waals surface area contributed by atoms with E-state index in [-0.39, 0.29) is 5.97 Å². The van der Waals surface area contributed by atoms with Crippen molar-refractivity contribution < 1.29 is 14.3 Å². The van der Waals surface area contributed by atoms with E-state index in [1.165, 1.54) is 7.11 Å². The standard InChI is InChI=1S/C23H18N2O3/c1-27-23(26)19-9-5-18(6-10-19)16-28-21-11-7-17(8-12-21)14-20(15-24)22-4-2-3-13-25-22/h2-14H,16H2,1H3/b20-14+. The van der Waals surface area contributed by atoms with E-state index in [2.05, 4.69) is 15.8 Å². The van der Waals surface area contributed by atoms with Crippen molar-refractivity contribution in [2.24, 2.45) is 0 Å². The smallest absolute Gasteiger partial charge is 0.337 e. The minimum Gasteiger partial charge on any atom is -0.489 e. The van der Waals surface area contributed by atoms with E-state index in [1.54, 1.807) is 30.5 Å². The van der Waals surface area contributed by atoms with Crippen LogP contribution in [0.25, 0.3) is 11.6 Å². The van der Waals surface area contributed by atoms with Crippen molar-refractivity contribution in [1.29, 1.82) is 5.26 Å². The van der Waals surface area contributed by atoms with Gasteiger partial charge in [-0.1, -0.05) is 30.3 Å². The molecule has 0 bridgehead atoms. The Labute approximate surface area is 163 Å². The molecule has 5 nitrogen and oxygen atoms in total. The highest BCUT2D eigenvalue weighted by Crippen LogP contribution is 2.19. The minimum absolute atomic E-state index is 0.362. The van der Waals surface area contributed by atoms with Crippen molar-refractivity contribution in [3.8, 4) is 11.8 Å². The molecule has 0 amide bonds. The first kappa shape index (κ1) is 18.9. The second-order valence-electron chi connectivity index (χ2n) is 5.93. The predicted octanol–water partition coefficient (Wildman–Crippen LogP) is 4.51. The molecular weight excluding hydrogens is 352 g/mol. The van der Waals surface area contributed by atoms with Crippen molar-refractivity contribution in [3.05, 3.63) is 95.3 Å². The van der Waals surface area contributed by atoms with Crippen LogP contribution in [0.3, 0.4) is 0 Å². The molecule has 0 aliphatic rings. The van der Waals surface area contributed by atoms with Crippen LogP contribution in [0.2, 0.25) is 0 Å². The number of methoxy groups -OCH3 is 1. The van der Waals surface area contributed by atoms with E-state index in [4.69, 9.17) is 4.74 Å². The monoisotopic (exact) mass is 370 g/mol. The van der Waals surface area contributed by atoms with Gasteiger partial charge in [-0.3, -0.25) is 4.98 Å². The van der Waals surface area contributed by atoms with Crippen molar-refractivity contribution in [1.82, 2.24) is 4.98 Å². The summed E-state index contributed by atoms with van der Waals surface area (Å²) in [6.45, 7) is 0.383. The summed E-state index contributed by atoms with van der Waals surface area (Å²) in [5.41, 5.74) is 3.47. The molecule has 0 N–H and O–H groups in total. The number of nitrogens with zero attached hydrogens (tertiary/aromatic N) is 2. The zero-order valence-corrected chi connectivity index (χ0v) is 15.3. The van der Waals surface area contributed by atoms with Crippen LogP contribution in [-0.2, 0) is 11.3 Å². The Balaban J connectivity index is 1.64. The second kappa shape index (κ2) is 9.15. The Bertz CT molecular complexity index is 1000. The largest absolute Gasteiger partial charge is 0.489 e. The van der Waals surface area contributed by atoms with Crippen LogP contribution in [0, 0.1) is 11.3 Å². The number of rotatable bonds is 6. The average Bonchev–Trinajstić information content (AvgIpc) is 2.77. The van der Waals surface area contributed by atoms with Crippen LogP contribution in [0.15, 0.2) is 72.9 Å². The molecule has 0 unspecified atom stereocenters. The van der Waals surface area contributed by atoms with Gasteiger partial charge in [0.05, 0.1) is 23.9 Å². The fraction of sp³-hybridized carbons (Fsp3) is 0.0870. The Morgan fingerprint density at radius 2 is 1.82 bits per heavy atom. The molecule has 0 aliphatic heterocycles.